The SMILES string of the molecule is O=C(O)N(Cl)c1cccc2ccccc12. The third kappa shape index (κ3) is 1.74. The molecule has 3 nitrogen and oxygen atoms in total. The van der Waals surface area contributed by atoms with Crippen molar-refractivity contribution in [3.8, 4) is 0 Å². The number of hydrogen-bond donors (Lipinski definition) is 1. The van der Waals surface area contributed by atoms with Gasteiger partial charge in [0.1, 0.15) is 0 Å². The van der Waals surface area contributed by atoms with Gasteiger partial charge >= 0.3 is 6.09 Å². The number of halogens is 1. The first-order chi connectivity index (χ1) is 7.20. The fourth-order valence-electron chi connectivity index (χ4n) is 1.48. The number of rotatable bonds is 1. The number of carbonyl (C=O) groups is 1. The van der Waals surface area contributed by atoms with Crippen LogP contribution >= 0.6 is 11.8 Å². The summed E-state index contributed by atoms with van der Waals surface area (Å²) < 4.78 is 0.697. The second-order valence-electron chi connectivity index (χ2n) is 3.06. The van der Waals surface area contributed by atoms with E-state index >= 15 is 0 Å². The second-order valence-corrected chi connectivity index (χ2v) is 3.40. The molecule has 4 heteroatoms. The molecular formula is C11H8ClNO2. The van der Waals surface area contributed by atoms with E-state index in [1.165, 1.54) is 0 Å². The molecule has 0 heterocycles. The van der Waals surface area contributed by atoms with Gasteiger partial charge in [-0.3, -0.25) is 0 Å². The van der Waals surface area contributed by atoms with E-state index in [4.69, 9.17) is 16.9 Å². The van der Waals surface area contributed by atoms with Crippen molar-refractivity contribution >= 4 is 34.3 Å². The number of carboxylic acid groups (broad SMARTS) is 1. The zero-order valence-corrected chi connectivity index (χ0v) is 8.48. The van der Waals surface area contributed by atoms with Crippen LogP contribution in [0.3, 0.4) is 0 Å². The maximum absolute atomic E-state index is 10.7. The average Bonchev–Trinajstić information content (AvgIpc) is 2.27. The number of nitrogens with zero attached hydrogens (tertiary/aromatic N) is 1. The van der Waals surface area contributed by atoms with E-state index in [1.807, 2.05) is 30.3 Å². The molecule has 2 aromatic carbocycles. The molecule has 1 amide bonds. The van der Waals surface area contributed by atoms with Crippen LogP contribution in [0.25, 0.3) is 10.8 Å². The molecule has 0 aliphatic heterocycles. The molecule has 0 fully saturated rings. The van der Waals surface area contributed by atoms with Crippen molar-refractivity contribution in [2.75, 3.05) is 4.42 Å². The smallest absolute Gasteiger partial charge is 0.426 e. The topological polar surface area (TPSA) is 40.5 Å². The van der Waals surface area contributed by atoms with Gasteiger partial charge in [0.15, 0.2) is 0 Å². The highest BCUT2D eigenvalue weighted by Gasteiger charge is 2.13. The van der Waals surface area contributed by atoms with E-state index in [-0.39, 0.29) is 0 Å². The van der Waals surface area contributed by atoms with E-state index in [1.54, 1.807) is 12.1 Å². The van der Waals surface area contributed by atoms with Gasteiger partial charge in [0.25, 0.3) is 0 Å². The number of fused-ring (bicyclic) bond motifs is 1. The van der Waals surface area contributed by atoms with Crippen LogP contribution in [0.15, 0.2) is 42.5 Å². The largest absolute Gasteiger partial charge is 0.464 e. The van der Waals surface area contributed by atoms with Crippen molar-refractivity contribution in [1.29, 1.82) is 0 Å². The molecule has 0 radical (unpaired) electrons. The second kappa shape index (κ2) is 3.79. The first-order valence-corrected chi connectivity index (χ1v) is 4.70. The van der Waals surface area contributed by atoms with Crippen LogP contribution in [0.1, 0.15) is 0 Å². The minimum absolute atomic E-state index is 0.474. The number of hydrogen-bond acceptors (Lipinski definition) is 1. The molecule has 0 saturated carbocycles. The maximum atomic E-state index is 10.7. The van der Waals surface area contributed by atoms with Crippen LogP contribution in [-0.4, -0.2) is 11.2 Å². The molecule has 0 saturated heterocycles. The summed E-state index contributed by atoms with van der Waals surface area (Å²) in [4.78, 5) is 10.7. The number of anilines is 1. The fraction of sp³-hybridized carbons (Fsp3) is 0. The Bertz CT molecular complexity index is 507. The summed E-state index contributed by atoms with van der Waals surface area (Å²) in [5.74, 6) is 0. The molecule has 15 heavy (non-hydrogen) atoms. The minimum Gasteiger partial charge on any atom is -0.464 e. The molecule has 1 N–H and O–H groups in total. The van der Waals surface area contributed by atoms with Gasteiger partial charge in [-0.05, 0) is 11.5 Å². The summed E-state index contributed by atoms with van der Waals surface area (Å²) in [6.07, 6.45) is -1.19. The van der Waals surface area contributed by atoms with Crippen LogP contribution in [0.2, 0.25) is 0 Å². The van der Waals surface area contributed by atoms with Crippen molar-refractivity contribution in [2.24, 2.45) is 0 Å². The molecule has 0 aromatic heterocycles. The molecule has 2 aromatic rings. The Labute approximate surface area is 91.6 Å². The highest BCUT2D eigenvalue weighted by molar-refractivity contribution is 6.36. The molecule has 0 aliphatic rings. The van der Waals surface area contributed by atoms with Gasteiger partial charge in [-0.1, -0.05) is 36.4 Å². The van der Waals surface area contributed by atoms with Crippen molar-refractivity contribution in [3.63, 3.8) is 0 Å². The molecular weight excluding hydrogens is 214 g/mol. The van der Waals surface area contributed by atoms with E-state index in [0.29, 0.717) is 10.1 Å². The highest BCUT2D eigenvalue weighted by atomic mass is 35.5. The average molecular weight is 222 g/mol. The Hall–Kier alpha value is -1.74. The summed E-state index contributed by atoms with van der Waals surface area (Å²) >= 11 is 5.65. The number of benzene rings is 2. The summed E-state index contributed by atoms with van der Waals surface area (Å²) in [5.41, 5.74) is 0.474. The Morgan fingerprint density at radius 1 is 1.13 bits per heavy atom. The zero-order valence-electron chi connectivity index (χ0n) is 7.72. The van der Waals surface area contributed by atoms with E-state index in [0.717, 1.165) is 10.8 Å². The van der Waals surface area contributed by atoms with Crippen molar-refractivity contribution in [2.45, 2.75) is 0 Å². The van der Waals surface area contributed by atoms with Crippen LogP contribution < -0.4 is 4.42 Å². The lowest BCUT2D eigenvalue weighted by molar-refractivity contribution is 0.206. The van der Waals surface area contributed by atoms with Gasteiger partial charge in [-0.2, -0.15) is 4.42 Å². The third-order valence-corrected chi connectivity index (χ3v) is 2.47. The van der Waals surface area contributed by atoms with Crippen LogP contribution in [-0.2, 0) is 0 Å². The predicted molar refractivity (Wildman–Crippen MR) is 60.3 cm³/mol. The van der Waals surface area contributed by atoms with Gasteiger partial charge < -0.3 is 5.11 Å². The summed E-state index contributed by atoms with van der Waals surface area (Å²) in [5, 5.41) is 10.6. The van der Waals surface area contributed by atoms with Gasteiger partial charge in [0.05, 0.1) is 5.69 Å². The molecule has 76 valence electrons. The van der Waals surface area contributed by atoms with E-state index < -0.39 is 6.09 Å². The number of amides is 1. The van der Waals surface area contributed by atoms with Crippen LogP contribution in [0, 0.1) is 0 Å². The minimum atomic E-state index is -1.19. The molecule has 0 atom stereocenters. The lowest BCUT2D eigenvalue weighted by Gasteiger charge is -2.12. The quantitative estimate of drug-likeness (QED) is 0.749. The predicted octanol–water partition coefficient (Wildman–Crippen LogP) is 3.48. The summed E-state index contributed by atoms with van der Waals surface area (Å²) in [6.45, 7) is 0. The Morgan fingerprint density at radius 3 is 2.53 bits per heavy atom. The van der Waals surface area contributed by atoms with Crippen molar-refractivity contribution < 1.29 is 9.90 Å². The van der Waals surface area contributed by atoms with E-state index in [9.17, 15) is 4.79 Å². The molecule has 2 rings (SSSR count). The molecule has 0 unspecified atom stereocenters. The van der Waals surface area contributed by atoms with Crippen LogP contribution in [0.4, 0.5) is 10.5 Å². The Morgan fingerprint density at radius 2 is 1.80 bits per heavy atom. The standard InChI is InChI=1S/C11H8ClNO2/c12-13(11(14)15)10-7-3-5-8-4-1-2-6-9(8)10/h1-7H,(H,14,15). The normalized spacial score (nSPS) is 10.2. The molecule has 0 aliphatic carbocycles. The zero-order chi connectivity index (χ0) is 10.8. The van der Waals surface area contributed by atoms with Crippen molar-refractivity contribution in [3.05, 3.63) is 42.5 Å². The molecule has 0 spiro atoms. The van der Waals surface area contributed by atoms with Gasteiger partial charge in [0.2, 0.25) is 0 Å². The van der Waals surface area contributed by atoms with Crippen LogP contribution in [0.5, 0.6) is 0 Å². The van der Waals surface area contributed by atoms with Gasteiger partial charge in [-0.15, -0.1) is 0 Å². The maximum Gasteiger partial charge on any atom is 0.426 e. The summed E-state index contributed by atoms with van der Waals surface area (Å²) in [6, 6.07) is 12.8. The first-order valence-electron chi connectivity index (χ1n) is 4.37. The van der Waals surface area contributed by atoms with Gasteiger partial charge in [0, 0.05) is 17.2 Å². The third-order valence-electron chi connectivity index (χ3n) is 2.15. The Kier molecular flexibility index (Phi) is 2.47. The van der Waals surface area contributed by atoms with Crippen molar-refractivity contribution in [1.82, 2.24) is 0 Å². The Balaban J connectivity index is 2.65. The highest BCUT2D eigenvalue weighted by Crippen LogP contribution is 2.27. The lowest BCUT2D eigenvalue weighted by Crippen LogP contribution is -2.17. The lowest BCUT2D eigenvalue weighted by atomic mass is 10.1. The summed E-state index contributed by atoms with van der Waals surface area (Å²) in [7, 11) is 0. The molecule has 0 bridgehead atoms. The van der Waals surface area contributed by atoms with E-state index in [2.05, 4.69) is 0 Å². The van der Waals surface area contributed by atoms with Gasteiger partial charge in [-0.25, -0.2) is 4.79 Å². The monoisotopic (exact) mass is 221 g/mol. The first kappa shape index (κ1) is 9.80. The fourth-order valence-corrected chi connectivity index (χ4v) is 1.63.